The summed E-state index contributed by atoms with van der Waals surface area (Å²) in [6.45, 7) is 2.13. The molecule has 0 saturated carbocycles. The van der Waals surface area contributed by atoms with Gasteiger partial charge in [-0.25, -0.2) is 9.50 Å². The first-order valence-corrected chi connectivity index (χ1v) is 9.20. The summed E-state index contributed by atoms with van der Waals surface area (Å²) in [7, 11) is 0. The smallest absolute Gasteiger partial charge is 0.156 e. The van der Waals surface area contributed by atoms with E-state index in [9.17, 15) is 0 Å². The average Bonchev–Trinajstić information content (AvgIpc) is 3.41. The number of nitrogens with zero attached hydrogens (tertiary/aromatic N) is 6. The molecule has 0 bridgehead atoms. The molecule has 0 aliphatic carbocycles. The minimum atomic E-state index is 0. The molecule has 4 heterocycles. The molecule has 0 amide bonds. The van der Waals surface area contributed by atoms with Crippen molar-refractivity contribution in [2.45, 2.75) is 12.8 Å². The molecule has 0 spiro atoms. The predicted molar refractivity (Wildman–Crippen MR) is 107 cm³/mol. The van der Waals surface area contributed by atoms with Gasteiger partial charge in [0, 0.05) is 42.6 Å². The molecule has 0 N–H and O–H groups in total. The second-order valence-corrected chi connectivity index (χ2v) is 6.64. The van der Waals surface area contributed by atoms with Crippen LogP contribution >= 0.6 is 0 Å². The van der Waals surface area contributed by atoms with Gasteiger partial charge in [0.2, 0.25) is 0 Å². The van der Waals surface area contributed by atoms with Gasteiger partial charge in [0.05, 0.1) is 5.69 Å². The zero-order valence-electron chi connectivity index (χ0n) is 15.2. The summed E-state index contributed by atoms with van der Waals surface area (Å²) in [6.07, 6.45) is 6.03. The van der Waals surface area contributed by atoms with E-state index in [1.165, 1.54) is 12.8 Å². The molecule has 1 aliphatic rings. The van der Waals surface area contributed by atoms with Gasteiger partial charge in [-0.15, -0.1) is 0 Å². The van der Waals surface area contributed by atoms with E-state index in [4.69, 9.17) is 10.3 Å². The van der Waals surface area contributed by atoms with Crippen molar-refractivity contribution in [1.82, 2.24) is 19.6 Å². The molecule has 1 saturated heterocycles. The van der Waals surface area contributed by atoms with Gasteiger partial charge in [-0.2, -0.15) is 5.10 Å². The van der Waals surface area contributed by atoms with Crippen LogP contribution in [-0.4, -0.2) is 32.7 Å². The maximum absolute atomic E-state index is 4.80. The molecular weight excluding hydrogens is 583 g/mol. The quantitative estimate of drug-likeness (QED) is 0.339. The summed E-state index contributed by atoms with van der Waals surface area (Å²) in [5.74, 6) is 1.68. The van der Waals surface area contributed by atoms with E-state index in [-0.39, 0.29) is 0 Å². The predicted octanol–water partition coefficient (Wildman–Crippen LogP) is 4.73. The van der Waals surface area contributed by atoms with Crippen LogP contribution < -0.4 is 4.90 Å². The number of aromatic nitrogens is 4. The number of imidazole rings is 1. The van der Waals surface area contributed by atoms with Crippen molar-refractivity contribution in [2.75, 3.05) is 18.0 Å². The maximum atomic E-state index is 4.80. The average molecular weight is 602 g/mol. The van der Waals surface area contributed by atoms with Crippen molar-refractivity contribution >= 4 is 23.0 Å². The van der Waals surface area contributed by atoms with Crippen LogP contribution in [0.25, 0.3) is 22.2 Å². The minimum Gasteiger partial charge on any atom is -0.433 e. The second kappa shape index (κ2) is 7.07. The molecule has 0 unspecified atom stereocenters. The second-order valence-electron chi connectivity index (χ2n) is 6.64. The Hall–Kier alpha value is -4.41. The molecule has 4 aromatic rings. The van der Waals surface area contributed by atoms with Crippen molar-refractivity contribution < 1.29 is 0 Å². The normalized spacial score (nSPS) is 13.5. The third-order valence-corrected chi connectivity index (χ3v) is 4.79. The SMILES string of the molecule is [Cm].c1ccc(-c2cc([N-]c3cccc(N4CCCC4)n3)c3nccn3n2)cc1. The van der Waals surface area contributed by atoms with Gasteiger partial charge in [0.25, 0.3) is 0 Å². The van der Waals surface area contributed by atoms with E-state index >= 15 is 0 Å². The Morgan fingerprint density at radius 1 is 0.929 bits per heavy atom. The number of fused-ring (bicyclic) bond motifs is 1. The number of benzene rings is 1. The van der Waals surface area contributed by atoms with Crippen LogP contribution in [0.5, 0.6) is 0 Å². The Labute approximate surface area is 157 Å². The molecule has 1 aromatic carbocycles. The van der Waals surface area contributed by atoms with Gasteiger partial charge in [0.15, 0.2) is 5.65 Å². The summed E-state index contributed by atoms with van der Waals surface area (Å²) in [6, 6.07) is 18.1. The van der Waals surface area contributed by atoms with Gasteiger partial charge in [-0.1, -0.05) is 48.3 Å². The number of anilines is 1. The molecule has 1 aliphatic heterocycles. The summed E-state index contributed by atoms with van der Waals surface area (Å²) in [4.78, 5) is 11.5. The molecule has 5 rings (SSSR count). The van der Waals surface area contributed by atoms with E-state index in [1.807, 2.05) is 54.7 Å². The molecule has 6 nitrogen and oxygen atoms in total. The molecule has 28 heavy (non-hydrogen) atoms. The van der Waals surface area contributed by atoms with Crippen molar-refractivity contribution in [1.29, 1.82) is 0 Å². The fourth-order valence-electron chi connectivity index (χ4n) is 3.45. The van der Waals surface area contributed by atoms with E-state index in [0.717, 1.165) is 41.5 Å². The Morgan fingerprint density at radius 2 is 1.75 bits per heavy atom. The van der Waals surface area contributed by atoms with Crippen molar-refractivity contribution in [3.63, 3.8) is 0 Å². The molecule has 0 atom stereocenters. The van der Waals surface area contributed by atoms with Crippen molar-refractivity contribution in [3.05, 3.63) is 72.3 Å². The largest absolute Gasteiger partial charge is 0.433 e. The van der Waals surface area contributed by atoms with Crippen molar-refractivity contribution in [2.24, 2.45) is 0 Å². The summed E-state index contributed by atoms with van der Waals surface area (Å²) < 4.78 is 1.77. The first kappa shape index (κ1) is 17.0. The fourth-order valence-corrected chi connectivity index (χ4v) is 3.45. The number of hydrogen-bond acceptors (Lipinski definition) is 4. The molecule has 0 radical (unpaired) electrons. The van der Waals surface area contributed by atoms with Gasteiger partial charge in [0.1, 0.15) is 0 Å². The fraction of sp³-hybridized carbons (Fsp3) is 0.190. The summed E-state index contributed by atoms with van der Waals surface area (Å²) >= 11 is 0. The standard InChI is InChI=1S/C21H19N6.Cm/c1-2-7-16(8-3-1)17-15-18(21-22-11-14-27(21)25-17)23-19-9-6-10-20(24-19)26-12-4-5-13-26;/h1-3,6-11,14-15H,4-5,12-13H2;/q-1;. The Balaban J connectivity index is 0.00000192. The van der Waals surface area contributed by atoms with Crippen LogP contribution in [0.4, 0.5) is 17.3 Å². The third-order valence-electron chi connectivity index (χ3n) is 4.79. The Bertz CT molecular complexity index is 1070. The van der Waals surface area contributed by atoms with Crippen LogP contribution in [-0.2, 0) is 0 Å². The van der Waals surface area contributed by atoms with Crippen LogP contribution in [0.3, 0.4) is 0 Å². The van der Waals surface area contributed by atoms with E-state index in [0.29, 0.717) is 5.82 Å². The summed E-state index contributed by atoms with van der Waals surface area (Å²) in [5.41, 5.74) is 3.39. The zero-order chi connectivity index (χ0) is 18.1. The molecule has 1 fully saturated rings. The van der Waals surface area contributed by atoms with Gasteiger partial charge in [-0.3, -0.25) is 0 Å². The Morgan fingerprint density at radius 3 is 2.57 bits per heavy atom. The van der Waals surface area contributed by atoms with Crippen LogP contribution in [0.15, 0.2) is 67.0 Å². The van der Waals surface area contributed by atoms with E-state index in [1.54, 1.807) is 10.7 Å². The van der Waals surface area contributed by atoms with E-state index < -0.39 is 0 Å². The first-order chi connectivity index (χ1) is 13.4. The molecule has 7 heteroatoms. The minimum absolute atomic E-state index is 0. The monoisotopic (exact) mass is 598 g/mol. The molecule has 142 valence electrons. The number of rotatable bonds is 4. The Kier molecular flexibility index (Phi) is 4.30. The molecular formula is C21H19CmN6-. The van der Waals surface area contributed by atoms with Crippen LogP contribution in [0.2, 0.25) is 0 Å². The maximum Gasteiger partial charge on any atom is 0.156 e. The van der Waals surface area contributed by atoms with E-state index in [2.05, 4.69) is 21.0 Å². The van der Waals surface area contributed by atoms with Crippen molar-refractivity contribution in [3.8, 4) is 11.3 Å². The zero-order valence-corrected chi connectivity index (χ0v) is 18.2. The topological polar surface area (TPSA) is 60.4 Å². The number of pyridine rings is 1. The van der Waals surface area contributed by atoms with Gasteiger partial charge >= 0.3 is 0 Å². The number of hydrogen-bond donors (Lipinski definition) is 0. The third kappa shape index (κ3) is 3.07. The van der Waals surface area contributed by atoms with Gasteiger partial charge < -0.3 is 15.2 Å². The molecule has 3 aromatic heterocycles. The van der Waals surface area contributed by atoms with Crippen LogP contribution in [0, 0.1) is 0 Å². The van der Waals surface area contributed by atoms with Gasteiger partial charge in [-0.05, 0) is 25.0 Å². The van der Waals surface area contributed by atoms with Crippen LogP contribution in [0.1, 0.15) is 12.8 Å². The summed E-state index contributed by atoms with van der Waals surface area (Å²) in [5, 5.41) is 9.45. The first-order valence-electron chi connectivity index (χ1n) is 9.20.